The molecule has 2 saturated heterocycles. The number of hydrogen-bond donors (Lipinski definition) is 2. The molecule has 0 spiro atoms. The topological polar surface area (TPSA) is 166 Å². The number of aliphatic hydroxyl groups is 2. The number of carbonyl (C=O) groups excluding carboxylic acids is 5. The van der Waals surface area contributed by atoms with Crippen molar-refractivity contribution in [2.24, 2.45) is 35.5 Å². The molecule has 0 aromatic carbocycles. The van der Waals surface area contributed by atoms with Crippen molar-refractivity contribution < 1.29 is 53.1 Å². The minimum Gasteiger partial charge on any atom is -0.460 e. The smallest absolute Gasteiger partial charge is 0.329 e. The molecule has 348 valence electrons. The van der Waals surface area contributed by atoms with Gasteiger partial charge in [0.15, 0.2) is 5.78 Å². The molecule has 62 heavy (non-hydrogen) atoms. The molecule has 1 amide bonds. The van der Waals surface area contributed by atoms with E-state index >= 15 is 0 Å². The van der Waals surface area contributed by atoms with Crippen molar-refractivity contribution in [1.82, 2.24) is 4.90 Å². The van der Waals surface area contributed by atoms with Gasteiger partial charge in [0.25, 0.3) is 5.91 Å². The number of aliphatic hydroxyl groups excluding tert-OH is 2. The monoisotopic (exact) mass is 868 g/mol. The van der Waals surface area contributed by atoms with E-state index in [9.17, 15) is 34.2 Å². The third kappa shape index (κ3) is 14.4. The van der Waals surface area contributed by atoms with Crippen LogP contribution in [0, 0.1) is 35.5 Å². The Bertz CT molecular complexity index is 1640. The highest BCUT2D eigenvalue weighted by atomic mass is 16.5. The van der Waals surface area contributed by atoms with Gasteiger partial charge in [-0.1, -0.05) is 71.1 Å². The number of Topliss-reactive ketones (excluding diaryl/α,β-unsaturated/α-hetero) is 3. The second kappa shape index (κ2) is 24.7. The lowest BCUT2D eigenvalue weighted by atomic mass is 9.79. The van der Waals surface area contributed by atoms with Gasteiger partial charge in [-0.25, -0.2) is 4.79 Å². The zero-order valence-electron chi connectivity index (χ0n) is 39.0. The zero-order valence-corrected chi connectivity index (χ0v) is 39.0. The lowest BCUT2D eigenvalue weighted by molar-refractivity contribution is -0.170. The van der Waals surface area contributed by atoms with Crippen LogP contribution in [0.4, 0.5) is 0 Å². The van der Waals surface area contributed by atoms with E-state index in [2.05, 4.69) is 0 Å². The van der Waals surface area contributed by atoms with Gasteiger partial charge in [-0.3, -0.25) is 19.2 Å². The number of amides is 1. The van der Waals surface area contributed by atoms with Crippen molar-refractivity contribution in [3.63, 3.8) is 0 Å². The number of rotatable bonds is 5. The van der Waals surface area contributed by atoms with E-state index in [1.807, 2.05) is 65.0 Å². The van der Waals surface area contributed by atoms with E-state index in [0.29, 0.717) is 75.7 Å². The Morgan fingerprint density at radius 1 is 0.839 bits per heavy atom. The van der Waals surface area contributed by atoms with Gasteiger partial charge in [-0.2, -0.15) is 0 Å². The van der Waals surface area contributed by atoms with Crippen LogP contribution in [0.3, 0.4) is 0 Å². The molecular weight excluding hydrogens is 791 g/mol. The van der Waals surface area contributed by atoms with Crippen LogP contribution in [0.2, 0.25) is 0 Å². The second-order valence-electron chi connectivity index (χ2n) is 19.1. The van der Waals surface area contributed by atoms with E-state index in [-0.39, 0.29) is 60.6 Å². The van der Waals surface area contributed by atoms with Crippen LogP contribution >= 0.6 is 0 Å². The van der Waals surface area contributed by atoms with Crippen molar-refractivity contribution in [3.05, 3.63) is 47.6 Å². The molecule has 3 fully saturated rings. The number of cyclic esters (lactones) is 1. The molecule has 4 rings (SSSR count). The Morgan fingerprint density at radius 3 is 2.23 bits per heavy atom. The highest BCUT2D eigenvalue weighted by molar-refractivity contribution is 6.38. The summed E-state index contributed by atoms with van der Waals surface area (Å²) in [5.74, 6) is -3.67. The minimum absolute atomic E-state index is 0.0543. The number of allylic oxidation sites excluding steroid dienone is 6. The van der Waals surface area contributed by atoms with Gasteiger partial charge in [0, 0.05) is 45.4 Å². The number of ether oxygens (including phenoxy) is 4. The molecule has 0 aromatic heterocycles. The van der Waals surface area contributed by atoms with Gasteiger partial charge in [0.2, 0.25) is 5.78 Å². The summed E-state index contributed by atoms with van der Waals surface area (Å²) in [4.78, 5) is 71.5. The number of carbonyl (C=O) groups is 5. The largest absolute Gasteiger partial charge is 0.460 e. The Morgan fingerprint density at radius 2 is 1.55 bits per heavy atom. The molecule has 3 aliphatic heterocycles. The first-order valence-electron chi connectivity index (χ1n) is 23.3. The fourth-order valence-corrected chi connectivity index (χ4v) is 9.81. The summed E-state index contributed by atoms with van der Waals surface area (Å²) in [6.45, 7) is 13.3. The van der Waals surface area contributed by atoms with E-state index in [1.165, 1.54) is 12.0 Å². The standard InChI is InChI=1S/C50H77NO11/c1-30-15-11-10-12-16-31(2)42(59-8)28-39-23-18-32(3)47(61-39)46(56)49(57)51-24-14-13-17-40(51)50(58)62-43(34(5)27-37-19-21-38(52)22-20-37)29-41(53)33(4)26-36(7)45(55)48(60-9)44(54)35(6)25-30/h10-12,15-16,26,30,32-35,37-40,42-43,45,47-48,52,55H,13-14,17-25,27-29H2,1-9H3/b12-10+,15-11+,31-16+,36-26+/t30-,32-,33-,34-,35-,37-,38-,39+,40+,42+,43+,45-,47-,48+/m1/s1. The Kier molecular flexibility index (Phi) is 20.4. The quantitative estimate of drug-likeness (QED) is 0.163. The van der Waals surface area contributed by atoms with Crippen LogP contribution in [0.5, 0.6) is 0 Å². The maximum absolute atomic E-state index is 14.3. The highest BCUT2D eigenvalue weighted by Gasteiger charge is 2.44. The number of ketones is 3. The minimum atomic E-state index is -1.28. The number of fused-ring (bicyclic) bond motifs is 3. The predicted octanol–water partition coefficient (Wildman–Crippen LogP) is 7.24. The molecule has 12 heteroatoms. The molecule has 0 radical (unpaired) electrons. The van der Waals surface area contributed by atoms with Gasteiger partial charge in [-0.05, 0) is 119 Å². The van der Waals surface area contributed by atoms with Gasteiger partial charge >= 0.3 is 5.97 Å². The van der Waals surface area contributed by atoms with Gasteiger partial charge in [0.1, 0.15) is 36.2 Å². The average Bonchev–Trinajstić information content (AvgIpc) is 3.25. The molecule has 2 N–H and O–H groups in total. The maximum atomic E-state index is 14.3. The van der Waals surface area contributed by atoms with Crippen LogP contribution in [-0.2, 0) is 42.9 Å². The zero-order chi connectivity index (χ0) is 45.7. The van der Waals surface area contributed by atoms with Crippen molar-refractivity contribution in [2.45, 2.75) is 181 Å². The average molecular weight is 868 g/mol. The molecule has 12 nitrogen and oxygen atoms in total. The molecule has 1 aliphatic carbocycles. The molecular formula is C50H77NO11. The summed E-state index contributed by atoms with van der Waals surface area (Å²) in [7, 11) is 3.04. The lowest BCUT2D eigenvalue weighted by Gasteiger charge is -2.38. The van der Waals surface area contributed by atoms with Crippen molar-refractivity contribution in [2.75, 3.05) is 20.8 Å². The van der Waals surface area contributed by atoms with E-state index in [1.54, 1.807) is 27.0 Å². The summed E-state index contributed by atoms with van der Waals surface area (Å²) < 4.78 is 24.1. The van der Waals surface area contributed by atoms with Crippen molar-refractivity contribution >= 4 is 29.2 Å². The van der Waals surface area contributed by atoms with Gasteiger partial charge in [0.05, 0.1) is 18.3 Å². The Balaban J connectivity index is 1.67. The second-order valence-corrected chi connectivity index (χ2v) is 19.1. The normalized spacial score (nSPS) is 39.4. The Hall–Kier alpha value is -3.29. The summed E-state index contributed by atoms with van der Waals surface area (Å²) in [5.41, 5.74) is 1.39. The first-order valence-corrected chi connectivity index (χ1v) is 23.3. The number of piperidine rings is 1. The maximum Gasteiger partial charge on any atom is 0.329 e. The molecule has 12 atom stereocenters. The van der Waals surface area contributed by atoms with Crippen LogP contribution in [-0.4, -0.2) is 114 Å². The SMILES string of the molecule is CO[C@H]1C[C@@H]2CC[C@@H](C)[C@@H](O2)C(=O)C(=O)N2CCCC[C@H]2C(=O)O[C@H]([C@H](C)C[C@H]2CC[C@H](O)CC2)CC(=O)[C@H](C)/C=C(\C)[C@@H](O)[C@@H](OC)C(=O)[C@H](C)C[C@H](C)/C=C/C=C/C=C/1C. The molecule has 1 saturated carbocycles. The lowest BCUT2D eigenvalue weighted by Crippen LogP contribution is -2.55. The summed E-state index contributed by atoms with van der Waals surface area (Å²) >= 11 is 0. The molecule has 0 aromatic rings. The van der Waals surface area contributed by atoms with Crippen LogP contribution < -0.4 is 0 Å². The molecule has 4 aliphatic rings. The van der Waals surface area contributed by atoms with E-state index in [0.717, 1.165) is 18.4 Å². The van der Waals surface area contributed by atoms with Gasteiger partial charge < -0.3 is 34.1 Å². The molecule has 0 unspecified atom stereocenters. The predicted molar refractivity (Wildman–Crippen MR) is 238 cm³/mol. The van der Waals surface area contributed by atoms with Gasteiger partial charge in [-0.15, -0.1) is 0 Å². The van der Waals surface area contributed by atoms with Crippen molar-refractivity contribution in [1.29, 1.82) is 0 Å². The van der Waals surface area contributed by atoms with Crippen LogP contribution in [0.15, 0.2) is 47.6 Å². The number of methoxy groups -OCH3 is 2. The number of esters is 1. The fraction of sp³-hybridized carbons (Fsp3) is 0.740. The summed E-state index contributed by atoms with van der Waals surface area (Å²) in [6, 6.07) is -0.988. The molecule has 3 heterocycles. The third-order valence-corrected chi connectivity index (χ3v) is 13.9. The van der Waals surface area contributed by atoms with Crippen molar-refractivity contribution in [3.8, 4) is 0 Å². The number of hydrogen-bond acceptors (Lipinski definition) is 11. The number of nitrogens with zero attached hydrogens (tertiary/aromatic N) is 1. The highest BCUT2D eigenvalue weighted by Crippen LogP contribution is 2.34. The van der Waals surface area contributed by atoms with Crippen LogP contribution in [0.25, 0.3) is 0 Å². The molecule has 2 bridgehead atoms. The third-order valence-electron chi connectivity index (χ3n) is 13.9. The summed E-state index contributed by atoms with van der Waals surface area (Å²) in [6.07, 6.45) is 14.0. The first-order chi connectivity index (χ1) is 29.4. The first kappa shape index (κ1) is 51.3. The van der Waals surface area contributed by atoms with Crippen LogP contribution in [0.1, 0.15) is 132 Å². The van der Waals surface area contributed by atoms with E-state index in [4.69, 9.17) is 18.9 Å². The summed E-state index contributed by atoms with van der Waals surface area (Å²) in [5, 5.41) is 21.5. The van der Waals surface area contributed by atoms with E-state index < -0.39 is 60.0 Å². The Labute approximate surface area is 370 Å². The fourth-order valence-electron chi connectivity index (χ4n) is 9.81.